The van der Waals surface area contributed by atoms with Crippen molar-refractivity contribution in [3.05, 3.63) is 184 Å². The highest BCUT2D eigenvalue weighted by molar-refractivity contribution is 8.00. The molecule has 11 heteroatoms. The minimum Gasteiger partial charge on any atom is -0.321 e. The van der Waals surface area contributed by atoms with Gasteiger partial charge < -0.3 is 21.3 Å². The second-order valence-electron chi connectivity index (χ2n) is 11.9. The first-order chi connectivity index (χ1) is 26.3. The standard InChI is InChI=1S/C43H33N5O4S2/c1-28-35(27-44)43(54-37(28)41(51)45-32-21-12-5-13-22-32)48-42(52)38(30-17-8-3-9-18-30)53-34-24-14-23-33(26-34)46-40(50)36(25-29-15-6-2-7-16-29)47-39(49)31-19-10-4-11-20-31/h2-26,38H,1H3,(H,45,51)(H,46,50)(H,47,49)(H,48,52)/b36-25-. The number of rotatable bonds is 12. The SMILES string of the molecule is Cc1c(C(=O)Nc2ccccc2)sc(NC(=O)C(Sc2cccc(NC(=O)/C(=C/c3ccccc3)NC(=O)c3ccccc3)c2)c2ccccc2)c1C#N. The summed E-state index contributed by atoms with van der Waals surface area (Å²) in [5, 5.41) is 20.9. The van der Waals surface area contributed by atoms with E-state index in [0.29, 0.717) is 37.8 Å². The highest BCUT2D eigenvalue weighted by Crippen LogP contribution is 2.39. The number of nitrogens with zero attached hydrogens (tertiary/aromatic N) is 1. The summed E-state index contributed by atoms with van der Waals surface area (Å²) in [4.78, 5) is 55.0. The lowest BCUT2D eigenvalue weighted by Crippen LogP contribution is -2.30. The van der Waals surface area contributed by atoms with Crippen molar-refractivity contribution in [1.82, 2.24) is 5.32 Å². The molecular weight excluding hydrogens is 715 g/mol. The molecule has 54 heavy (non-hydrogen) atoms. The molecular formula is C43H33N5O4S2. The third-order valence-electron chi connectivity index (χ3n) is 8.06. The summed E-state index contributed by atoms with van der Waals surface area (Å²) in [6, 6.07) is 45.2. The smallest absolute Gasteiger partial charge is 0.272 e. The van der Waals surface area contributed by atoms with Gasteiger partial charge in [0.15, 0.2) is 0 Å². The lowest BCUT2D eigenvalue weighted by atomic mass is 10.1. The summed E-state index contributed by atoms with van der Waals surface area (Å²) in [7, 11) is 0. The Morgan fingerprint density at radius 3 is 1.98 bits per heavy atom. The van der Waals surface area contributed by atoms with E-state index in [1.165, 1.54) is 11.8 Å². The summed E-state index contributed by atoms with van der Waals surface area (Å²) >= 11 is 2.30. The number of thiophene rings is 1. The van der Waals surface area contributed by atoms with Crippen molar-refractivity contribution in [2.45, 2.75) is 17.1 Å². The van der Waals surface area contributed by atoms with Gasteiger partial charge in [0, 0.05) is 21.8 Å². The van der Waals surface area contributed by atoms with Gasteiger partial charge >= 0.3 is 0 Å². The number of amides is 4. The van der Waals surface area contributed by atoms with Crippen LogP contribution in [0.5, 0.6) is 0 Å². The van der Waals surface area contributed by atoms with E-state index >= 15 is 0 Å². The number of nitrogens with one attached hydrogen (secondary N) is 4. The van der Waals surface area contributed by atoms with E-state index in [-0.39, 0.29) is 22.2 Å². The molecule has 0 spiro atoms. The number of thioether (sulfide) groups is 1. The van der Waals surface area contributed by atoms with Gasteiger partial charge in [0.05, 0.1) is 10.4 Å². The van der Waals surface area contributed by atoms with Gasteiger partial charge in [0.2, 0.25) is 5.91 Å². The second-order valence-corrected chi connectivity index (χ2v) is 14.1. The Hall–Kier alpha value is -6.74. The second kappa shape index (κ2) is 17.7. The van der Waals surface area contributed by atoms with E-state index in [0.717, 1.165) is 16.9 Å². The third kappa shape index (κ3) is 9.37. The average molecular weight is 748 g/mol. The van der Waals surface area contributed by atoms with Crippen LogP contribution in [0, 0.1) is 18.3 Å². The maximum atomic E-state index is 14.1. The lowest BCUT2D eigenvalue weighted by molar-refractivity contribution is -0.116. The largest absolute Gasteiger partial charge is 0.321 e. The molecule has 1 atom stereocenters. The zero-order chi connectivity index (χ0) is 37.9. The van der Waals surface area contributed by atoms with Gasteiger partial charge in [-0.2, -0.15) is 5.26 Å². The van der Waals surface area contributed by atoms with E-state index in [2.05, 4.69) is 27.3 Å². The van der Waals surface area contributed by atoms with E-state index in [1.807, 2.05) is 72.8 Å². The van der Waals surface area contributed by atoms with Gasteiger partial charge in [0.1, 0.15) is 22.0 Å². The van der Waals surface area contributed by atoms with Crippen LogP contribution in [-0.2, 0) is 9.59 Å². The van der Waals surface area contributed by atoms with Crippen LogP contribution in [0.15, 0.2) is 156 Å². The Morgan fingerprint density at radius 2 is 1.31 bits per heavy atom. The molecule has 0 bridgehead atoms. The summed E-state index contributed by atoms with van der Waals surface area (Å²) < 4.78 is 0. The molecule has 4 N–H and O–H groups in total. The number of nitriles is 1. The van der Waals surface area contributed by atoms with Crippen molar-refractivity contribution in [2.75, 3.05) is 16.0 Å². The predicted molar refractivity (Wildman–Crippen MR) is 215 cm³/mol. The maximum absolute atomic E-state index is 14.1. The number of anilines is 3. The van der Waals surface area contributed by atoms with E-state index in [4.69, 9.17) is 0 Å². The summed E-state index contributed by atoms with van der Waals surface area (Å²) in [5.74, 6) is -1.75. The maximum Gasteiger partial charge on any atom is 0.272 e. The van der Waals surface area contributed by atoms with Crippen LogP contribution in [0.3, 0.4) is 0 Å². The molecule has 0 radical (unpaired) electrons. The molecule has 0 saturated carbocycles. The van der Waals surface area contributed by atoms with Crippen LogP contribution in [0.25, 0.3) is 6.08 Å². The number of carbonyl (C=O) groups is 4. The fraction of sp³-hybridized carbons (Fsp3) is 0.0465. The van der Waals surface area contributed by atoms with Crippen LogP contribution >= 0.6 is 23.1 Å². The van der Waals surface area contributed by atoms with Crippen LogP contribution < -0.4 is 21.3 Å². The van der Waals surface area contributed by atoms with Gasteiger partial charge in [-0.25, -0.2) is 0 Å². The molecule has 0 saturated heterocycles. The zero-order valence-corrected chi connectivity index (χ0v) is 30.5. The zero-order valence-electron chi connectivity index (χ0n) is 28.9. The number of hydrogen-bond donors (Lipinski definition) is 4. The Balaban J connectivity index is 1.22. The topological polar surface area (TPSA) is 140 Å². The molecule has 266 valence electrons. The molecule has 6 aromatic rings. The van der Waals surface area contributed by atoms with Crippen molar-refractivity contribution in [3.63, 3.8) is 0 Å². The number of hydrogen-bond acceptors (Lipinski definition) is 7. The summed E-state index contributed by atoms with van der Waals surface area (Å²) in [6.07, 6.45) is 1.60. The van der Waals surface area contributed by atoms with Crippen LogP contribution in [-0.4, -0.2) is 23.6 Å². The quantitative estimate of drug-likeness (QED) is 0.0728. The molecule has 0 aliphatic rings. The van der Waals surface area contributed by atoms with E-state index in [9.17, 15) is 24.4 Å². The van der Waals surface area contributed by atoms with Crippen LogP contribution in [0.2, 0.25) is 0 Å². The average Bonchev–Trinajstić information content (AvgIpc) is 3.52. The highest BCUT2D eigenvalue weighted by atomic mass is 32.2. The third-order valence-corrected chi connectivity index (χ3v) is 10.5. The first-order valence-electron chi connectivity index (χ1n) is 16.8. The molecule has 1 unspecified atom stereocenters. The molecule has 9 nitrogen and oxygen atoms in total. The monoisotopic (exact) mass is 747 g/mol. The minimum atomic E-state index is -0.772. The molecule has 4 amide bonds. The van der Waals surface area contributed by atoms with Gasteiger partial charge in [-0.15, -0.1) is 23.1 Å². The first-order valence-corrected chi connectivity index (χ1v) is 18.5. The van der Waals surface area contributed by atoms with Crippen molar-refractivity contribution in [1.29, 1.82) is 5.26 Å². The Morgan fingerprint density at radius 1 is 0.704 bits per heavy atom. The Kier molecular flexibility index (Phi) is 12.1. The number of benzene rings is 5. The van der Waals surface area contributed by atoms with Crippen molar-refractivity contribution < 1.29 is 19.2 Å². The molecule has 0 aliphatic carbocycles. The molecule has 1 aromatic heterocycles. The van der Waals surface area contributed by atoms with E-state index < -0.39 is 23.0 Å². The fourth-order valence-electron chi connectivity index (χ4n) is 5.38. The van der Waals surface area contributed by atoms with Crippen molar-refractivity contribution in [2.24, 2.45) is 0 Å². The Bertz CT molecular complexity index is 2360. The minimum absolute atomic E-state index is 0.0472. The summed E-state index contributed by atoms with van der Waals surface area (Å²) in [5.41, 5.74) is 3.62. The highest BCUT2D eigenvalue weighted by Gasteiger charge is 2.27. The number of carbonyl (C=O) groups excluding carboxylic acids is 4. The van der Waals surface area contributed by atoms with Crippen molar-refractivity contribution in [3.8, 4) is 6.07 Å². The van der Waals surface area contributed by atoms with Gasteiger partial charge in [-0.3, -0.25) is 19.2 Å². The predicted octanol–water partition coefficient (Wildman–Crippen LogP) is 9.06. The van der Waals surface area contributed by atoms with Crippen LogP contribution in [0.4, 0.5) is 16.4 Å². The molecule has 6 rings (SSSR count). The lowest BCUT2D eigenvalue weighted by Gasteiger charge is -2.17. The van der Waals surface area contributed by atoms with Gasteiger partial charge in [-0.05, 0) is 72.2 Å². The molecule has 5 aromatic carbocycles. The number of para-hydroxylation sites is 1. The summed E-state index contributed by atoms with van der Waals surface area (Å²) in [6.45, 7) is 1.68. The molecule has 0 aliphatic heterocycles. The van der Waals surface area contributed by atoms with E-state index in [1.54, 1.807) is 85.8 Å². The first kappa shape index (κ1) is 37.0. The normalized spacial score (nSPS) is 11.4. The van der Waals surface area contributed by atoms with Crippen molar-refractivity contribution >= 4 is 69.2 Å². The van der Waals surface area contributed by atoms with Gasteiger partial charge in [-0.1, -0.05) is 103 Å². The van der Waals surface area contributed by atoms with Gasteiger partial charge in [0.25, 0.3) is 17.7 Å². The fourth-order valence-corrected chi connectivity index (χ4v) is 7.52. The Labute approximate surface area is 320 Å². The molecule has 1 heterocycles. The van der Waals surface area contributed by atoms with Crippen LogP contribution in [0.1, 0.15) is 47.5 Å². The molecule has 0 fully saturated rings.